The third kappa shape index (κ3) is 3.68. The van der Waals surface area contributed by atoms with Gasteiger partial charge in [0.1, 0.15) is 6.61 Å². The molecule has 0 aliphatic carbocycles. The van der Waals surface area contributed by atoms with Crippen molar-refractivity contribution in [2.45, 2.75) is 12.8 Å². The van der Waals surface area contributed by atoms with Crippen molar-refractivity contribution in [3.8, 4) is 28.7 Å². The molecule has 2 aromatic carbocycles. The summed E-state index contributed by atoms with van der Waals surface area (Å²) in [6.07, 6.45) is 1.01. The van der Waals surface area contributed by atoms with Gasteiger partial charge in [-0.05, 0) is 47.4 Å². The van der Waals surface area contributed by atoms with Gasteiger partial charge in [0.25, 0.3) is 0 Å². The lowest BCUT2D eigenvalue weighted by Gasteiger charge is -2.14. The van der Waals surface area contributed by atoms with Crippen LogP contribution in [0.25, 0.3) is 0 Å². The number of hydrogen-bond acceptors (Lipinski definition) is 7. The Morgan fingerprint density at radius 2 is 1.55 bits per heavy atom. The molecule has 0 atom stereocenters. The number of cyclic esters (lactones) is 1. The van der Waals surface area contributed by atoms with E-state index < -0.39 is 0 Å². The van der Waals surface area contributed by atoms with Gasteiger partial charge in [-0.2, -0.15) is 0 Å². The summed E-state index contributed by atoms with van der Waals surface area (Å²) in [6, 6.07) is 9.49. The average molecular weight is 398 g/mol. The van der Waals surface area contributed by atoms with E-state index in [4.69, 9.17) is 28.4 Å². The second kappa shape index (κ2) is 7.95. The number of carbonyl (C=O) groups is 1. The van der Waals surface area contributed by atoms with E-state index in [-0.39, 0.29) is 19.4 Å². The van der Waals surface area contributed by atoms with Gasteiger partial charge in [0.2, 0.25) is 12.5 Å². The van der Waals surface area contributed by atoms with Crippen LogP contribution in [0.5, 0.6) is 28.7 Å². The van der Waals surface area contributed by atoms with Crippen LogP contribution in [0.2, 0.25) is 0 Å². The molecule has 0 saturated heterocycles. The number of benzene rings is 2. The third-order valence-electron chi connectivity index (χ3n) is 5.01. The van der Waals surface area contributed by atoms with Gasteiger partial charge in [-0.3, -0.25) is 0 Å². The molecule has 0 bridgehead atoms. The highest BCUT2D eigenvalue weighted by atomic mass is 16.7. The summed E-state index contributed by atoms with van der Waals surface area (Å²) < 4.78 is 32.3. The zero-order valence-corrected chi connectivity index (χ0v) is 16.6. The smallest absolute Gasteiger partial charge is 0.334 e. The Hall–Kier alpha value is -3.35. The second-order valence-corrected chi connectivity index (χ2v) is 6.73. The largest absolute Gasteiger partial charge is 0.493 e. The Bertz CT molecular complexity index is 952. The molecule has 0 saturated carbocycles. The second-order valence-electron chi connectivity index (χ2n) is 6.73. The van der Waals surface area contributed by atoms with E-state index in [1.54, 1.807) is 21.3 Å². The Labute approximate surface area is 168 Å². The fraction of sp³-hybridized carbons (Fsp3) is 0.318. The number of hydrogen-bond donors (Lipinski definition) is 0. The van der Waals surface area contributed by atoms with Crippen LogP contribution in [0, 0.1) is 0 Å². The number of esters is 1. The maximum absolute atomic E-state index is 12.4. The first-order chi connectivity index (χ1) is 14.1. The summed E-state index contributed by atoms with van der Waals surface area (Å²) in [5.41, 5.74) is 3.50. The van der Waals surface area contributed by atoms with Crippen molar-refractivity contribution in [2.75, 3.05) is 34.7 Å². The molecule has 0 spiro atoms. The van der Waals surface area contributed by atoms with Crippen molar-refractivity contribution in [2.24, 2.45) is 0 Å². The number of fused-ring (bicyclic) bond motifs is 1. The van der Waals surface area contributed by atoms with Gasteiger partial charge < -0.3 is 28.4 Å². The average Bonchev–Trinajstić information content (AvgIpc) is 3.34. The Morgan fingerprint density at radius 3 is 2.24 bits per heavy atom. The molecule has 2 aliphatic rings. The van der Waals surface area contributed by atoms with Gasteiger partial charge in [0.05, 0.1) is 21.3 Å². The van der Waals surface area contributed by atoms with Crippen molar-refractivity contribution in [3.63, 3.8) is 0 Å². The van der Waals surface area contributed by atoms with Crippen LogP contribution < -0.4 is 23.7 Å². The first-order valence-corrected chi connectivity index (χ1v) is 9.18. The van der Waals surface area contributed by atoms with Crippen LogP contribution in [0.3, 0.4) is 0 Å². The molecule has 2 aliphatic heterocycles. The monoisotopic (exact) mass is 398 g/mol. The minimum Gasteiger partial charge on any atom is -0.493 e. The van der Waals surface area contributed by atoms with Crippen molar-refractivity contribution in [1.82, 2.24) is 0 Å². The molecular weight excluding hydrogens is 376 g/mol. The first-order valence-electron chi connectivity index (χ1n) is 9.18. The Balaban J connectivity index is 1.63. The van der Waals surface area contributed by atoms with Crippen molar-refractivity contribution >= 4 is 5.97 Å². The van der Waals surface area contributed by atoms with Gasteiger partial charge in [-0.15, -0.1) is 0 Å². The van der Waals surface area contributed by atoms with E-state index in [1.165, 1.54) is 0 Å². The molecule has 7 nitrogen and oxygen atoms in total. The fourth-order valence-electron chi connectivity index (χ4n) is 3.57. The normalized spacial score (nSPS) is 14.8. The van der Waals surface area contributed by atoms with E-state index in [0.717, 1.165) is 28.2 Å². The van der Waals surface area contributed by atoms with Crippen LogP contribution in [-0.4, -0.2) is 40.7 Å². The van der Waals surface area contributed by atoms with Crippen LogP contribution >= 0.6 is 0 Å². The van der Waals surface area contributed by atoms with Gasteiger partial charge in [-0.25, -0.2) is 4.79 Å². The maximum atomic E-state index is 12.4. The Kier molecular flexibility index (Phi) is 5.20. The quantitative estimate of drug-likeness (QED) is 0.664. The minimum atomic E-state index is -0.297. The number of carbonyl (C=O) groups excluding carboxylic acids is 1. The van der Waals surface area contributed by atoms with Crippen molar-refractivity contribution in [3.05, 3.63) is 52.6 Å². The standard InChI is InChI=1S/C22H22O7/c1-24-19-9-14(10-20(25-2)21(19)26-3)7-16-15(11-27-22(16)23)6-13-4-5-17-18(8-13)29-12-28-17/h4-5,8-10H,6-7,11-12H2,1-3H3. The number of ether oxygens (including phenoxy) is 6. The molecule has 0 fully saturated rings. The zero-order chi connectivity index (χ0) is 20.4. The molecule has 4 rings (SSSR count). The van der Waals surface area contributed by atoms with Crippen LogP contribution in [0.4, 0.5) is 0 Å². The molecule has 29 heavy (non-hydrogen) atoms. The van der Waals surface area contributed by atoms with E-state index in [1.807, 2.05) is 30.3 Å². The maximum Gasteiger partial charge on any atom is 0.334 e. The molecule has 0 N–H and O–H groups in total. The minimum absolute atomic E-state index is 0.232. The highest BCUT2D eigenvalue weighted by Crippen LogP contribution is 2.39. The summed E-state index contributed by atoms with van der Waals surface area (Å²) in [4.78, 5) is 12.4. The molecule has 7 heteroatoms. The lowest BCUT2D eigenvalue weighted by Crippen LogP contribution is -2.04. The highest BCUT2D eigenvalue weighted by molar-refractivity contribution is 5.92. The fourth-order valence-corrected chi connectivity index (χ4v) is 3.57. The lowest BCUT2D eigenvalue weighted by atomic mass is 9.96. The highest BCUT2D eigenvalue weighted by Gasteiger charge is 2.26. The van der Waals surface area contributed by atoms with Crippen molar-refractivity contribution < 1.29 is 33.2 Å². The van der Waals surface area contributed by atoms with Gasteiger partial charge in [0, 0.05) is 12.0 Å². The topological polar surface area (TPSA) is 72.5 Å². The molecule has 152 valence electrons. The Morgan fingerprint density at radius 1 is 0.828 bits per heavy atom. The van der Waals surface area contributed by atoms with E-state index in [2.05, 4.69) is 0 Å². The molecule has 0 radical (unpaired) electrons. The van der Waals surface area contributed by atoms with Crippen LogP contribution in [0.15, 0.2) is 41.5 Å². The predicted molar refractivity (Wildman–Crippen MR) is 104 cm³/mol. The zero-order valence-electron chi connectivity index (χ0n) is 16.6. The van der Waals surface area contributed by atoms with Gasteiger partial charge >= 0.3 is 5.97 Å². The summed E-state index contributed by atoms with van der Waals surface area (Å²) >= 11 is 0. The molecule has 0 aromatic heterocycles. The van der Waals surface area contributed by atoms with E-state index in [9.17, 15) is 4.79 Å². The van der Waals surface area contributed by atoms with Crippen molar-refractivity contribution in [1.29, 1.82) is 0 Å². The summed E-state index contributed by atoms with van der Waals surface area (Å²) in [5, 5.41) is 0. The number of rotatable bonds is 7. The molecular formula is C22H22O7. The molecule has 2 heterocycles. The molecule has 0 unspecified atom stereocenters. The van der Waals surface area contributed by atoms with Crippen LogP contribution in [-0.2, 0) is 22.4 Å². The number of methoxy groups -OCH3 is 3. The lowest BCUT2D eigenvalue weighted by molar-refractivity contribution is -0.136. The first kappa shape index (κ1) is 19.0. The van der Waals surface area contributed by atoms with Gasteiger partial charge in [-0.1, -0.05) is 6.07 Å². The van der Waals surface area contributed by atoms with E-state index >= 15 is 0 Å². The summed E-state index contributed by atoms with van der Waals surface area (Å²) in [6.45, 7) is 0.516. The molecule has 0 amide bonds. The van der Waals surface area contributed by atoms with Gasteiger partial charge in [0.15, 0.2) is 23.0 Å². The summed E-state index contributed by atoms with van der Waals surface area (Å²) in [5.74, 6) is 2.77. The molecule has 2 aromatic rings. The van der Waals surface area contributed by atoms with E-state index in [0.29, 0.717) is 35.7 Å². The third-order valence-corrected chi connectivity index (χ3v) is 5.01. The van der Waals surface area contributed by atoms with Crippen LogP contribution in [0.1, 0.15) is 11.1 Å². The summed E-state index contributed by atoms with van der Waals surface area (Å²) in [7, 11) is 4.69. The SMILES string of the molecule is COc1cc(CC2=C(Cc3ccc4c(c3)OCO4)COC2=O)cc(OC)c1OC. The predicted octanol–water partition coefficient (Wildman–Crippen LogP) is 3.08.